The van der Waals surface area contributed by atoms with Gasteiger partial charge in [0.15, 0.2) is 0 Å². The van der Waals surface area contributed by atoms with Crippen molar-refractivity contribution in [3.05, 3.63) is 29.1 Å². The number of thiophene rings is 1. The average Bonchev–Trinajstić information content (AvgIpc) is 2.46. The van der Waals surface area contributed by atoms with Crippen molar-refractivity contribution in [2.45, 2.75) is 0 Å². The minimum Gasteiger partial charge on any atom is -0.508 e. The first kappa shape index (κ1) is 8.07. The first-order valence-corrected chi connectivity index (χ1v) is 4.44. The Morgan fingerprint density at radius 3 is 2.77 bits per heavy atom. The molecule has 4 heteroatoms. The molecule has 1 aromatic carbocycles. The smallest absolute Gasteiger partial charge is 0.345 e. The van der Waals surface area contributed by atoms with Crippen LogP contribution in [0, 0.1) is 0 Å². The molecular formula is C9H6O3S. The molecule has 0 unspecified atom stereocenters. The van der Waals surface area contributed by atoms with E-state index < -0.39 is 5.97 Å². The van der Waals surface area contributed by atoms with Crippen molar-refractivity contribution in [3.63, 3.8) is 0 Å². The van der Waals surface area contributed by atoms with Crippen LogP contribution in [0.2, 0.25) is 0 Å². The van der Waals surface area contributed by atoms with E-state index in [4.69, 9.17) is 10.2 Å². The quantitative estimate of drug-likeness (QED) is 0.732. The van der Waals surface area contributed by atoms with Gasteiger partial charge < -0.3 is 10.2 Å². The Kier molecular flexibility index (Phi) is 1.70. The second-order valence-corrected chi connectivity index (χ2v) is 3.72. The molecule has 2 N–H and O–H groups in total. The summed E-state index contributed by atoms with van der Waals surface area (Å²) in [5.74, 6) is -0.775. The third kappa shape index (κ3) is 1.36. The van der Waals surface area contributed by atoms with Gasteiger partial charge in [-0.3, -0.25) is 0 Å². The van der Waals surface area contributed by atoms with Crippen LogP contribution in [0.15, 0.2) is 24.3 Å². The number of phenolic OH excluding ortho intramolecular Hbond substituents is 1. The van der Waals surface area contributed by atoms with Gasteiger partial charge in [-0.1, -0.05) is 0 Å². The zero-order valence-electron chi connectivity index (χ0n) is 6.52. The van der Waals surface area contributed by atoms with Gasteiger partial charge in [-0.15, -0.1) is 11.3 Å². The molecule has 0 fully saturated rings. The molecule has 0 aliphatic heterocycles. The summed E-state index contributed by atoms with van der Waals surface area (Å²) in [6.07, 6.45) is 0. The SMILES string of the molecule is O=C(O)c1cc2cc(O)ccc2s1. The molecule has 1 heterocycles. The van der Waals surface area contributed by atoms with Crippen LogP contribution in [0.3, 0.4) is 0 Å². The van der Waals surface area contributed by atoms with Crippen molar-refractivity contribution >= 4 is 27.4 Å². The molecule has 0 spiro atoms. The summed E-state index contributed by atoms with van der Waals surface area (Å²) in [6, 6.07) is 6.37. The molecule has 0 amide bonds. The highest BCUT2D eigenvalue weighted by molar-refractivity contribution is 7.20. The number of carbonyl (C=O) groups is 1. The number of carboxylic acids is 1. The van der Waals surface area contributed by atoms with Gasteiger partial charge in [0, 0.05) is 4.70 Å². The normalized spacial score (nSPS) is 10.5. The van der Waals surface area contributed by atoms with Crippen molar-refractivity contribution < 1.29 is 15.0 Å². The number of rotatable bonds is 1. The zero-order valence-corrected chi connectivity index (χ0v) is 7.34. The molecule has 0 saturated carbocycles. The van der Waals surface area contributed by atoms with Crippen LogP contribution in [0.5, 0.6) is 5.75 Å². The van der Waals surface area contributed by atoms with Crippen molar-refractivity contribution in [1.82, 2.24) is 0 Å². The predicted molar refractivity (Wildman–Crippen MR) is 50.4 cm³/mol. The van der Waals surface area contributed by atoms with Crippen molar-refractivity contribution in [3.8, 4) is 5.75 Å². The van der Waals surface area contributed by atoms with Gasteiger partial charge in [-0.2, -0.15) is 0 Å². The Morgan fingerprint density at radius 2 is 2.08 bits per heavy atom. The fourth-order valence-corrected chi connectivity index (χ4v) is 2.02. The van der Waals surface area contributed by atoms with E-state index in [1.807, 2.05) is 0 Å². The van der Waals surface area contributed by atoms with E-state index in [0.29, 0.717) is 4.88 Å². The lowest BCUT2D eigenvalue weighted by Crippen LogP contribution is -1.89. The monoisotopic (exact) mass is 194 g/mol. The molecule has 0 atom stereocenters. The summed E-state index contributed by atoms with van der Waals surface area (Å²) in [5.41, 5.74) is 0. The summed E-state index contributed by atoms with van der Waals surface area (Å²) >= 11 is 1.20. The maximum atomic E-state index is 10.6. The Hall–Kier alpha value is -1.55. The number of carboxylic acid groups (broad SMARTS) is 1. The lowest BCUT2D eigenvalue weighted by Gasteiger charge is -1.89. The zero-order chi connectivity index (χ0) is 9.42. The van der Waals surface area contributed by atoms with Crippen molar-refractivity contribution in [1.29, 1.82) is 0 Å². The van der Waals surface area contributed by atoms with Crippen LogP contribution in [0.25, 0.3) is 10.1 Å². The van der Waals surface area contributed by atoms with Crippen LogP contribution < -0.4 is 0 Å². The van der Waals surface area contributed by atoms with E-state index in [1.165, 1.54) is 11.3 Å². The molecule has 0 aliphatic rings. The molecule has 1 aromatic heterocycles. The minimum atomic E-state index is -0.930. The number of aromatic carboxylic acids is 1. The van der Waals surface area contributed by atoms with E-state index in [9.17, 15) is 4.79 Å². The highest BCUT2D eigenvalue weighted by atomic mass is 32.1. The van der Waals surface area contributed by atoms with E-state index >= 15 is 0 Å². The Labute approximate surface area is 77.9 Å². The van der Waals surface area contributed by atoms with E-state index in [0.717, 1.165) is 10.1 Å². The lowest BCUT2D eigenvalue weighted by molar-refractivity contribution is 0.0702. The topological polar surface area (TPSA) is 57.5 Å². The van der Waals surface area contributed by atoms with Gasteiger partial charge in [-0.05, 0) is 29.7 Å². The number of phenols is 1. The van der Waals surface area contributed by atoms with Gasteiger partial charge in [0.05, 0.1) is 0 Å². The molecule has 2 rings (SSSR count). The fourth-order valence-electron chi connectivity index (χ4n) is 1.14. The maximum Gasteiger partial charge on any atom is 0.345 e. The number of hydrogen-bond donors (Lipinski definition) is 2. The highest BCUT2D eigenvalue weighted by Crippen LogP contribution is 2.28. The standard InChI is InChI=1S/C9H6O3S/c10-6-1-2-7-5(3-6)4-8(13-7)9(11)12/h1-4,10H,(H,11,12). The fraction of sp³-hybridized carbons (Fsp3) is 0. The second-order valence-electron chi connectivity index (χ2n) is 2.64. The van der Waals surface area contributed by atoms with Gasteiger partial charge in [0.2, 0.25) is 0 Å². The van der Waals surface area contributed by atoms with Gasteiger partial charge >= 0.3 is 5.97 Å². The second kappa shape index (κ2) is 2.74. The average molecular weight is 194 g/mol. The summed E-state index contributed by atoms with van der Waals surface area (Å²) in [7, 11) is 0. The number of aromatic hydroxyl groups is 1. The van der Waals surface area contributed by atoms with Crippen molar-refractivity contribution in [2.24, 2.45) is 0 Å². The lowest BCUT2D eigenvalue weighted by atomic mass is 10.2. The highest BCUT2D eigenvalue weighted by Gasteiger charge is 2.07. The third-order valence-electron chi connectivity index (χ3n) is 1.71. The summed E-state index contributed by atoms with van der Waals surface area (Å²) in [4.78, 5) is 10.9. The molecule has 0 bridgehead atoms. The van der Waals surface area contributed by atoms with Gasteiger partial charge in [0.1, 0.15) is 10.6 Å². The molecule has 0 saturated heterocycles. The summed E-state index contributed by atoms with van der Waals surface area (Å²) in [6.45, 7) is 0. The number of fused-ring (bicyclic) bond motifs is 1. The van der Waals surface area contributed by atoms with E-state index in [2.05, 4.69) is 0 Å². The Bertz CT molecular complexity index is 473. The molecule has 13 heavy (non-hydrogen) atoms. The molecule has 66 valence electrons. The van der Waals surface area contributed by atoms with Gasteiger partial charge in [0.25, 0.3) is 0 Å². The molecular weight excluding hydrogens is 188 g/mol. The largest absolute Gasteiger partial charge is 0.508 e. The van der Waals surface area contributed by atoms with Crippen LogP contribution in [0.4, 0.5) is 0 Å². The van der Waals surface area contributed by atoms with Crippen LogP contribution >= 0.6 is 11.3 Å². The number of benzene rings is 1. The minimum absolute atomic E-state index is 0.155. The van der Waals surface area contributed by atoms with Crippen LogP contribution in [-0.4, -0.2) is 16.2 Å². The molecule has 2 aromatic rings. The van der Waals surface area contributed by atoms with E-state index in [-0.39, 0.29) is 5.75 Å². The predicted octanol–water partition coefficient (Wildman–Crippen LogP) is 2.31. The van der Waals surface area contributed by atoms with Crippen molar-refractivity contribution in [2.75, 3.05) is 0 Å². The summed E-state index contributed by atoms with van der Waals surface area (Å²) in [5, 5.41) is 18.6. The third-order valence-corrected chi connectivity index (χ3v) is 2.81. The summed E-state index contributed by atoms with van der Waals surface area (Å²) < 4.78 is 0.871. The Balaban J connectivity index is 2.68. The molecule has 0 radical (unpaired) electrons. The van der Waals surface area contributed by atoms with E-state index in [1.54, 1.807) is 24.3 Å². The van der Waals surface area contributed by atoms with Crippen LogP contribution in [-0.2, 0) is 0 Å². The molecule has 3 nitrogen and oxygen atoms in total. The first-order valence-electron chi connectivity index (χ1n) is 3.62. The Morgan fingerprint density at radius 1 is 1.31 bits per heavy atom. The first-order chi connectivity index (χ1) is 6.16. The van der Waals surface area contributed by atoms with Gasteiger partial charge in [-0.25, -0.2) is 4.79 Å². The number of hydrogen-bond acceptors (Lipinski definition) is 3. The van der Waals surface area contributed by atoms with Crippen LogP contribution in [0.1, 0.15) is 9.67 Å². The maximum absolute atomic E-state index is 10.6. The molecule has 0 aliphatic carbocycles.